The molecule has 0 radical (unpaired) electrons. The van der Waals surface area contributed by atoms with Crippen LogP contribution in [0.5, 0.6) is 17.2 Å². The fourth-order valence-corrected chi connectivity index (χ4v) is 3.18. The average molecular weight is 366 g/mol. The fourth-order valence-electron chi connectivity index (χ4n) is 2.30. The summed E-state index contributed by atoms with van der Waals surface area (Å²) in [7, 11) is -2.54. The number of hydrogen-bond acceptors (Lipinski definition) is 6. The molecule has 0 aliphatic rings. The molecule has 1 aromatic carbocycles. The van der Waals surface area contributed by atoms with Crippen molar-refractivity contribution in [1.82, 2.24) is 4.98 Å². The van der Waals surface area contributed by atoms with Crippen molar-refractivity contribution in [3.63, 3.8) is 0 Å². The summed E-state index contributed by atoms with van der Waals surface area (Å²) in [6, 6.07) is 6.41. The molecule has 1 unspecified atom stereocenters. The van der Waals surface area contributed by atoms with Crippen LogP contribution in [0.15, 0.2) is 36.7 Å². The van der Waals surface area contributed by atoms with E-state index in [-0.39, 0.29) is 23.5 Å². The highest BCUT2D eigenvalue weighted by molar-refractivity contribution is 7.53. The molecule has 1 heterocycles. The zero-order valence-corrected chi connectivity index (χ0v) is 15.4. The van der Waals surface area contributed by atoms with Gasteiger partial charge in [-0.2, -0.15) is 0 Å². The molecule has 7 nitrogen and oxygen atoms in total. The summed E-state index contributed by atoms with van der Waals surface area (Å²) in [6.07, 6.45) is 3.47. The van der Waals surface area contributed by atoms with Crippen molar-refractivity contribution >= 4 is 13.3 Å². The van der Waals surface area contributed by atoms with E-state index >= 15 is 0 Å². The third-order valence-corrected chi connectivity index (χ3v) is 4.42. The highest BCUT2D eigenvalue weighted by atomic mass is 31.2. The number of nitrogens with zero attached hydrogens (tertiary/aromatic N) is 1. The first-order valence-electron chi connectivity index (χ1n) is 7.86. The molecule has 2 rings (SSSR count). The van der Waals surface area contributed by atoms with Crippen molar-refractivity contribution in [3.8, 4) is 17.2 Å². The van der Waals surface area contributed by atoms with Crippen LogP contribution in [0, 0.1) is 5.92 Å². The predicted octanol–water partition coefficient (Wildman–Crippen LogP) is 3.63. The SMILES string of the molecule is COc1cc(OP(=O)(O)CNc2cccnc2)cc(CC(C)C)c1O. The maximum absolute atomic E-state index is 12.3. The highest BCUT2D eigenvalue weighted by Gasteiger charge is 2.23. The minimum Gasteiger partial charge on any atom is -0.504 e. The van der Waals surface area contributed by atoms with Crippen molar-refractivity contribution in [1.29, 1.82) is 0 Å². The molecule has 0 bridgehead atoms. The molecule has 0 aliphatic heterocycles. The van der Waals surface area contributed by atoms with Crippen LogP contribution in [0.1, 0.15) is 19.4 Å². The van der Waals surface area contributed by atoms with Gasteiger partial charge in [0.1, 0.15) is 12.0 Å². The summed E-state index contributed by atoms with van der Waals surface area (Å²) >= 11 is 0. The molecular weight excluding hydrogens is 343 g/mol. The number of methoxy groups -OCH3 is 1. The van der Waals surface area contributed by atoms with E-state index in [9.17, 15) is 14.6 Å². The van der Waals surface area contributed by atoms with Crippen LogP contribution in [0.25, 0.3) is 0 Å². The normalized spacial score (nSPS) is 13.3. The summed E-state index contributed by atoms with van der Waals surface area (Å²) in [5, 5.41) is 13.0. The van der Waals surface area contributed by atoms with Gasteiger partial charge in [-0.25, -0.2) is 4.57 Å². The molecule has 0 saturated heterocycles. The van der Waals surface area contributed by atoms with E-state index in [2.05, 4.69) is 10.3 Å². The van der Waals surface area contributed by atoms with Crippen LogP contribution in [-0.4, -0.2) is 28.4 Å². The Balaban J connectivity index is 2.15. The van der Waals surface area contributed by atoms with Gasteiger partial charge in [0, 0.05) is 24.0 Å². The number of nitrogens with one attached hydrogen (secondary N) is 1. The van der Waals surface area contributed by atoms with E-state index in [1.54, 1.807) is 30.6 Å². The summed E-state index contributed by atoms with van der Waals surface area (Å²) < 4.78 is 22.7. The monoisotopic (exact) mass is 366 g/mol. The fraction of sp³-hybridized carbons (Fsp3) is 0.353. The maximum Gasteiger partial charge on any atom is 0.395 e. The van der Waals surface area contributed by atoms with Crippen molar-refractivity contribution in [2.75, 3.05) is 18.7 Å². The first-order chi connectivity index (χ1) is 11.8. The lowest BCUT2D eigenvalue weighted by Gasteiger charge is -2.17. The Hall–Kier alpha value is -2.24. The number of hydrogen-bond donors (Lipinski definition) is 3. The van der Waals surface area contributed by atoms with Crippen molar-refractivity contribution in [2.24, 2.45) is 5.92 Å². The number of aromatic hydroxyl groups is 1. The molecule has 136 valence electrons. The van der Waals surface area contributed by atoms with E-state index < -0.39 is 7.60 Å². The van der Waals surface area contributed by atoms with E-state index in [1.807, 2.05) is 13.8 Å². The molecule has 0 saturated carbocycles. The van der Waals surface area contributed by atoms with Gasteiger partial charge in [-0.05, 0) is 30.5 Å². The van der Waals surface area contributed by atoms with Gasteiger partial charge in [0.15, 0.2) is 11.5 Å². The zero-order valence-electron chi connectivity index (χ0n) is 14.5. The topological polar surface area (TPSA) is 101 Å². The number of phenols is 1. The van der Waals surface area contributed by atoms with Crippen LogP contribution in [0.3, 0.4) is 0 Å². The molecule has 0 spiro atoms. The third-order valence-electron chi connectivity index (χ3n) is 3.37. The average Bonchev–Trinajstić information content (AvgIpc) is 2.56. The molecule has 2 aromatic rings. The Morgan fingerprint density at radius 3 is 2.72 bits per heavy atom. The number of rotatable bonds is 8. The Morgan fingerprint density at radius 2 is 2.12 bits per heavy atom. The van der Waals surface area contributed by atoms with Crippen LogP contribution in [0.4, 0.5) is 5.69 Å². The van der Waals surface area contributed by atoms with Crippen LogP contribution in [-0.2, 0) is 11.0 Å². The van der Waals surface area contributed by atoms with E-state index in [0.717, 1.165) is 0 Å². The molecule has 1 aromatic heterocycles. The molecule has 8 heteroatoms. The lowest BCUT2D eigenvalue weighted by atomic mass is 10.0. The summed E-state index contributed by atoms with van der Waals surface area (Å²) in [5.41, 5.74) is 1.22. The molecule has 3 N–H and O–H groups in total. The van der Waals surface area contributed by atoms with Crippen LogP contribution in [0.2, 0.25) is 0 Å². The van der Waals surface area contributed by atoms with Crippen molar-refractivity contribution in [2.45, 2.75) is 20.3 Å². The smallest absolute Gasteiger partial charge is 0.395 e. The molecule has 25 heavy (non-hydrogen) atoms. The van der Waals surface area contributed by atoms with Gasteiger partial charge >= 0.3 is 7.60 Å². The second-order valence-corrected chi connectivity index (χ2v) is 7.81. The quantitative estimate of drug-likeness (QED) is 0.613. The second kappa shape index (κ2) is 8.23. The lowest BCUT2D eigenvalue weighted by molar-refractivity contribution is 0.360. The summed E-state index contributed by atoms with van der Waals surface area (Å²) in [6.45, 7) is 4.02. The number of benzene rings is 1. The molecule has 0 aliphatic carbocycles. The van der Waals surface area contributed by atoms with Gasteiger partial charge in [0.05, 0.1) is 12.8 Å². The van der Waals surface area contributed by atoms with Gasteiger partial charge in [-0.15, -0.1) is 0 Å². The number of aromatic nitrogens is 1. The zero-order chi connectivity index (χ0) is 18.4. The van der Waals surface area contributed by atoms with Gasteiger partial charge in [-0.3, -0.25) is 4.98 Å². The largest absolute Gasteiger partial charge is 0.504 e. The summed E-state index contributed by atoms with van der Waals surface area (Å²) in [4.78, 5) is 14.0. The first-order valence-corrected chi connectivity index (χ1v) is 9.62. The van der Waals surface area contributed by atoms with Gasteiger partial charge < -0.3 is 24.6 Å². The van der Waals surface area contributed by atoms with Gasteiger partial charge in [0.2, 0.25) is 0 Å². The molecule has 1 atom stereocenters. The number of pyridine rings is 1. The number of anilines is 1. The number of ether oxygens (including phenoxy) is 1. The van der Waals surface area contributed by atoms with E-state index in [1.165, 1.54) is 13.2 Å². The van der Waals surface area contributed by atoms with Crippen molar-refractivity contribution in [3.05, 3.63) is 42.2 Å². The minimum atomic E-state index is -3.96. The molecular formula is C17H23N2O5P. The van der Waals surface area contributed by atoms with E-state index in [4.69, 9.17) is 9.26 Å². The third kappa shape index (κ3) is 5.66. The first kappa shape index (κ1) is 19.1. The predicted molar refractivity (Wildman–Crippen MR) is 96.4 cm³/mol. The Bertz CT molecular complexity index is 752. The van der Waals surface area contributed by atoms with E-state index in [0.29, 0.717) is 23.6 Å². The Labute approximate surface area is 147 Å². The van der Waals surface area contributed by atoms with Crippen LogP contribution >= 0.6 is 7.60 Å². The number of phenolic OH excluding ortho intramolecular Hbond substituents is 1. The standard InChI is InChI=1S/C17H23N2O5P/c1-12(2)7-13-8-15(9-16(23-3)17(13)20)24-25(21,22)11-19-14-5-4-6-18-10-14/h4-6,8-10,12,19-20H,7,11H2,1-3H3,(H,21,22). The summed E-state index contributed by atoms with van der Waals surface area (Å²) in [5.74, 6) is 0.682. The van der Waals surface area contributed by atoms with Gasteiger partial charge in [-0.1, -0.05) is 13.8 Å². The van der Waals surface area contributed by atoms with Crippen molar-refractivity contribution < 1.29 is 23.8 Å². The lowest BCUT2D eigenvalue weighted by Crippen LogP contribution is -2.07. The molecule has 0 amide bonds. The minimum absolute atomic E-state index is 0.0183. The Kier molecular flexibility index (Phi) is 6.28. The maximum atomic E-state index is 12.3. The van der Waals surface area contributed by atoms with Gasteiger partial charge in [0.25, 0.3) is 0 Å². The highest BCUT2D eigenvalue weighted by Crippen LogP contribution is 2.45. The molecule has 0 fully saturated rings. The Morgan fingerprint density at radius 1 is 1.36 bits per heavy atom. The van der Waals surface area contributed by atoms with Crippen LogP contribution < -0.4 is 14.6 Å². The second-order valence-electron chi connectivity index (χ2n) is 6.04.